The van der Waals surface area contributed by atoms with Crippen molar-refractivity contribution in [2.24, 2.45) is 0 Å². The maximum Gasteiger partial charge on any atom is 0.297 e. The Morgan fingerprint density at radius 3 is 2.16 bits per heavy atom. The number of ether oxygens (including phenoxy) is 1. The summed E-state index contributed by atoms with van der Waals surface area (Å²) < 4.78 is 34.3. The Bertz CT molecular complexity index is 459. The maximum absolute atomic E-state index is 11.9. The van der Waals surface area contributed by atoms with Crippen LogP contribution in [0.4, 0.5) is 0 Å². The number of hydrogen-bond acceptors (Lipinski definition) is 4. The second-order valence-corrected chi connectivity index (χ2v) is 5.75. The van der Waals surface area contributed by atoms with Crippen LogP contribution in [-0.2, 0) is 19.0 Å². The quantitative estimate of drug-likeness (QED) is 0.802. The van der Waals surface area contributed by atoms with Crippen molar-refractivity contribution >= 4 is 10.1 Å². The van der Waals surface area contributed by atoms with E-state index in [0.29, 0.717) is 26.1 Å². The van der Waals surface area contributed by atoms with E-state index < -0.39 is 10.1 Å². The minimum Gasteiger partial charge on any atom is -0.381 e. The highest BCUT2D eigenvalue weighted by atomic mass is 32.2. The molecule has 108 valence electrons. The van der Waals surface area contributed by atoms with E-state index in [0.717, 1.165) is 5.56 Å². The van der Waals surface area contributed by atoms with Gasteiger partial charge in [-0.25, -0.2) is 0 Å². The van der Waals surface area contributed by atoms with Crippen LogP contribution >= 0.6 is 0 Å². The van der Waals surface area contributed by atoms with Crippen molar-refractivity contribution in [3.63, 3.8) is 0 Å². The van der Waals surface area contributed by atoms with E-state index in [1.54, 1.807) is 24.3 Å². The van der Waals surface area contributed by atoms with Gasteiger partial charge in [0.15, 0.2) is 0 Å². The minimum atomic E-state index is -3.63. The summed E-state index contributed by atoms with van der Waals surface area (Å²) in [5.74, 6) is 0. The van der Waals surface area contributed by atoms with Gasteiger partial charge in [-0.15, -0.1) is 0 Å². The molecule has 0 amide bonds. The van der Waals surface area contributed by atoms with Gasteiger partial charge in [-0.2, -0.15) is 8.42 Å². The van der Waals surface area contributed by atoms with Crippen molar-refractivity contribution in [2.75, 3.05) is 13.2 Å². The molecule has 1 fully saturated rings. The predicted octanol–water partition coefficient (Wildman–Crippen LogP) is 2.91. The third-order valence-electron chi connectivity index (χ3n) is 2.74. The minimum absolute atomic E-state index is 0.217. The Balaban J connectivity index is 0.000000861. The molecule has 1 aliphatic heterocycles. The molecule has 2 rings (SSSR count). The van der Waals surface area contributed by atoms with Crippen LogP contribution in [0.5, 0.6) is 0 Å². The Morgan fingerprint density at radius 1 is 1.11 bits per heavy atom. The third-order valence-corrected chi connectivity index (χ3v) is 4.12. The van der Waals surface area contributed by atoms with Crippen LogP contribution in [0.2, 0.25) is 0 Å². The molecule has 0 aliphatic carbocycles. The lowest BCUT2D eigenvalue weighted by atomic mass is 10.2. The van der Waals surface area contributed by atoms with Crippen molar-refractivity contribution in [3.8, 4) is 0 Å². The molecule has 0 radical (unpaired) electrons. The largest absolute Gasteiger partial charge is 0.381 e. The zero-order chi connectivity index (χ0) is 14.3. The number of rotatable bonds is 3. The second-order valence-electron chi connectivity index (χ2n) is 4.18. The number of hydrogen-bond donors (Lipinski definition) is 0. The van der Waals surface area contributed by atoms with E-state index in [9.17, 15) is 8.42 Å². The molecule has 1 heterocycles. The summed E-state index contributed by atoms with van der Waals surface area (Å²) in [6, 6.07) is 6.68. The zero-order valence-electron chi connectivity index (χ0n) is 11.8. The first-order valence-electron chi connectivity index (χ1n) is 6.66. The van der Waals surface area contributed by atoms with E-state index in [-0.39, 0.29) is 11.0 Å². The molecule has 0 N–H and O–H groups in total. The molecule has 0 saturated carbocycles. The highest BCUT2D eigenvalue weighted by molar-refractivity contribution is 7.86. The zero-order valence-corrected chi connectivity index (χ0v) is 12.6. The standard InChI is InChI=1S/C12H16O4S.C2H6/c1-10-2-4-12(5-3-10)17(13,14)16-11-6-8-15-9-7-11;1-2/h2-5,11H,6-9H2,1H3;1-2H3. The Hall–Kier alpha value is -0.910. The molecular formula is C14H22O4S. The van der Waals surface area contributed by atoms with Gasteiger partial charge >= 0.3 is 0 Å². The fraction of sp³-hybridized carbons (Fsp3) is 0.571. The van der Waals surface area contributed by atoms with E-state index in [4.69, 9.17) is 8.92 Å². The van der Waals surface area contributed by atoms with Crippen LogP contribution in [0, 0.1) is 6.92 Å². The molecule has 19 heavy (non-hydrogen) atoms. The monoisotopic (exact) mass is 286 g/mol. The molecule has 0 atom stereocenters. The van der Waals surface area contributed by atoms with Crippen molar-refractivity contribution in [2.45, 2.75) is 44.6 Å². The van der Waals surface area contributed by atoms with Crippen LogP contribution in [0.25, 0.3) is 0 Å². The van der Waals surface area contributed by atoms with Crippen LogP contribution < -0.4 is 0 Å². The molecule has 0 spiro atoms. The maximum atomic E-state index is 11.9. The fourth-order valence-electron chi connectivity index (χ4n) is 1.71. The topological polar surface area (TPSA) is 52.6 Å². The highest BCUT2D eigenvalue weighted by Crippen LogP contribution is 2.19. The Morgan fingerprint density at radius 2 is 1.63 bits per heavy atom. The second kappa shape index (κ2) is 7.62. The Labute approximate surface area is 115 Å². The fourth-order valence-corrected chi connectivity index (χ4v) is 2.84. The van der Waals surface area contributed by atoms with Gasteiger partial charge in [0.05, 0.1) is 11.0 Å². The van der Waals surface area contributed by atoms with Gasteiger partial charge < -0.3 is 4.74 Å². The first kappa shape index (κ1) is 16.1. The molecule has 5 heteroatoms. The van der Waals surface area contributed by atoms with Crippen molar-refractivity contribution < 1.29 is 17.3 Å². The van der Waals surface area contributed by atoms with E-state index >= 15 is 0 Å². The van der Waals surface area contributed by atoms with Crippen LogP contribution in [0.1, 0.15) is 32.3 Å². The molecule has 0 aromatic heterocycles. The van der Waals surface area contributed by atoms with Gasteiger partial charge in [0, 0.05) is 13.2 Å². The van der Waals surface area contributed by atoms with Gasteiger partial charge in [-0.3, -0.25) is 4.18 Å². The number of benzene rings is 1. The normalized spacial score (nSPS) is 16.6. The molecular weight excluding hydrogens is 264 g/mol. The molecule has 0 bridgehead atoms. The van der Waals surface area contributed by atoms with Gasteiger partial charge in [0.25, 0.3) is 10.1 Å². The summed E-state index contributed by atoms with van der Waals surface area (Å²) >= 11 is 0. The molecule has 0 unspecified atom stereocenters. The summed E-state index contributed by atoms with van der Waals surface area (Å²) in [6.07, 6.45) is 1.01. The third kappa shape index (κ3) is 4.93. The van der Waals surface area contributed by atoms with Crippen LogP contribution in [0.15, 0.2) is 29.2 Å². The first-order chi connectivity index (χ1) is 9.08. The summed E-state index contributed by atoms with van der Waals surface area (Å²) in [7, 11) is -3.63. The summed E-state index contributed by atoms with van der Waals surface area (Å²) in [5, 5.41) is 0. The summed E-state index contributed by atoms with van der Waals surface area (Å²) in [4.78, 5) is 0.217. The average molecular weight is 286 g/mol. The van der Waals surface area contributed by atoms with Crippen LogP contribution in [-0.4, -0.2) is 27.7 Å². The van der Waals surface area contributed by atoms with Gasteiger partial charge in [0.1, 0.15) is 0 Å². The van der Waals surface area contributed by atoms with Crippen LogP contribution in [0.3, 0.4) is 0 Å². The average Bonchev–Trinajstić information content (AvgIpc) is 2.42. The van der Waals surface area contributed by atoms with E-state index in [1.807, 2.05) is 20.8 Å². The van der Waals surface area contributed by atoms with E-state index in [1.165, 1.54) is 0 Å². The number of aryl methyl sites for hydroxylation is 1. The SMILES string of the molecule is CC.Cc1ccc(S(=O)(=O)OC2CCOCC2)cc1. The Kier molecular flexibility index (Phi) is 6.48. The molecule has 1 saturated heterocycles. The van der Waals surface area contributed by atoms with Gasteiger partial charge in [0.2, 0.25) is 0 Å². The molecule has 1 aliphatic rings. The van der Waals surface area contributed by atoms with Gasteiger partial charge in [-0.05, 0) is 31.9 Å². The summed E-state index contributed by atoms with van der Waals surface area (Å²) in [5.41, 5.74) is 1.02. The van der Waals surface area contributed by atoms with E-state index in [2.05, 4.69) is 0 Å². The highest BCUT2D eigenvalue weighted by Gasteiger charge is 2.23. The first-order valence-corrected chi connectivity index (χ1v) is 8.06. The smallest absolute Gasteiger partial charge is 0.297 e. The molecule has 4 nitrogen and oxygen atoms in total. The molecule has 1 aromatic carbocycles. The van der Waals surface area contributed by atoms with Crippen molar-refractivity contribution in [3.05, 3.63) is 29.8 Å². The van der Waals surface area contributed by atoms with Crippen molar-refractivity contribution in [1.82, 2.24) is 0 Å². The molecule has 1 aromatic rings. The lowest BCUT2D eigenvalue weighted by molar-refractivity contribution is 0.0284. The predicted molar refractivity (Wildman–Crippen MR) is 74.6 cm³/mol. The summed E-state index contributed by atoms with van der Waals surface area (Å²) in [6.45, 7) is 7.04. The van der Waals surface area contributed by atoms with Crippen molar-refractivity contribution in [1.29, 1.82) is 0 Å². The lowest BCUT2D eigenvalue weighted by Crippen LogP contribution is -2.26. The van der Waals surface area contributed by atoms with Gasteiger partial charge in [-0.1, -0.05) is 31.5 Å². The lowest BCUT2D eigenvalue weighted by Gasteiger charge is -2.21.